The third-order valence-electron chi connectivity index (χ3n) is 1.76. The van der Waals surface area contributed by atoms with Crippen LogP contribution in [0.1, 0.15) is 13.8 Å². The predicted octanol–water partition coefficient (Wildman–Crippen LogP) is 0.964. The van der Waals surface area contributed by atoms with E-state index in [1.54, 1.807) is 13.1 Å². The van der Waals surface area contributed by atoms with Crippen LogP contribution in [0, 0.1) is 0 Å². The fraction of sp³-hybridized carbons (Fsp3) is 0.400. The van der Waals surface area contributed by atoms with Crippen molar-refractivity contribution >= 4 is 11.5 Å². The van der Waals surface area contributed by atoms with Crippen LogP contribution in [0.3, 0.4) is 0 Å². The molecule has 0 aromatic carbocycles. The van der Waals surface area contributed by atoms with Gasteiger partial charge in [-0.2, -0.15) is 0 Å². The minimum atomic E-state index is -0.265. The number of nitrogens with zero attached hydrogens (tertiary/aromatic N) is 1. The third kappa shape index (κ3) is 2.22. The lowest BCUT2D eigenvalue weighted by atomic mass is 10.1. The van der Waals surface area contributed by atoms with Crippen molar-refractivity contribution < 1.29 is 9.90 Å². The first-order valence-corrected chi connectivity index (χ1v) is 4.45. The second-order valence-corrected chi connectivity index (χ2v) is 3.36. The Bertz CT molecular complexity index is 338. The molecular weight excluding hydrogens is 180 g/mol. The van der Waals surface area contributed by atoms with Crippen molar-refractivity contribution in [3.8, 4) is 0 Å². The highest BCUT2D eigenvalue weighted by molar-refractivity contribution is 6.49. The smallest absolute Gasteiger partial charge is 0.207 e. The SMILES string of the molecule is CN=C1C=C(NC(C)C)C(O)=CC1=O. The molecule has 4 heteroatoms. The van der Waals surface area contributed by atoms with Crippen LogP contribution in [-0.2, 0) is 4.79 Å². The largest absolute Gasteiger partial charge is 0.506 e. The van der Waals surface area contributed by atoms with Gasteiger partial charge in [0, 0.05) is 19.2 Å². The van der Waals surface area contributed by atoms with Crippen molar-refractivity contribution in [2.45, 2.75) is 19.9 Å². The van der Waals surface area contributed by atoms with Gasteiger partial charge in [0.25, 0.3) is 0 Å². The molecule has 0 amide bonds. The van der Waals surface area contributed by atoms with Crippen molar-refractivity contribution in [1.82, 2.24) is 5.32 Å². The Kier molecular flexibility index (Phi) is 3.06. The maximum atomic E-state index is 11.2. The zero-order valence-corrected chi connectivity index (χ0v) is 8.53. The number of hydrogen-bond acceptors (Lipinski definition) is 4. The van der Waals surface area contributed by atoms with Crippen molar-refractivity contribution in [3.63, 3.8) is 0 Å². The molecule has 4 nitrogen and oxygen atoms in total. The standard InChI is InChI=1S/C10H14N2O2/c1-6(2)12-8-4-7(11-3)9(13)5-10(8)14/h4-6,12,14H,1-3H3. The number of ketones is 1. The molecule has 14 heavy (non-hydrogen) atoms. The molecule has 0 saturated carbocycles. The lowest BCUT2D eigenvalue weighted by Gasteiger charge is -2.16. The summed E-state index contributed by atoms with van der Waals surface area (Å²) in [5.41, 5.74) is 0.895. The number of carbonyl (C=O) groups excluding carboxylic acids is 1. The molecule has 0 aromatic rings. The van der Waals surface area contributed by atoms with E-state index in [-0.39, 0.29) is 17.6 Å². The van der Waals surface area contributed by atoms with E-state index in [0.29, 0.717) is 11.4 Å². The molecule has 2 N–H and O–H groups in total. The number of carbonyl (C=O) groups is 1. The monoisotopic (exact) mass is 194 g/mol. The lowest BCUT2D eigenvalue weighted by Crippen LogP contribution is -2.27. The number of aliphatic imine (C=N–C) groups is 1. The molecule has 1 aliphatic carbocycles. The Morgan fingerprint density at radius 2 is 2.07 bits per heavy atom. The molecule has 1 aliphatic rings. The van der Waals surface area contributed by atoms with Gasteiger partial charge in [-0.3, -0.25) is 9.79 Å². The van der Waals surface area contributed by atoms with Gasteiger partial charge in [0.1, 0.15) is 11.5 Å². The first kappa shape index (κ1) is 10.5. The van der Waals surface area contributed by atoms with Crippen LogP contribution in [0.5, 0.6) is 0 Å². The van der Waals surface area contributed by atoms with E-state index < -0.39 is 0 Å². The molecule has 0 saturated heterocycles. The van der Waals surface area contributed by atoms with E-state index in [9.17, 15) is 9.90 Å². The summed E-state index contributed by atoms with van der Waals surface area (Å²) in [6, 6.07) is 0.197. The van der Waals surface area contributed by atoms with Gasteiger partial charge in [0.15, 0.2) is 0 Å². The quantitative estimate of drug-likeness (QED) is 0.644. The molecule has 76 valence electrons. The van der Waals surface area contributed by atoms with Crippen LogP contribution in [-0.4, -0.2) is 29.7 Å². The van der Waals surface area contributed by atoms with E-state index in [1.165, 1.54) is 6.08 Å². The summed E-state index contributed by atoms with van der Waals surface area (Å²) in [7, 11) is 1.55. The number of aliphatic hydroxyl groups is 1. The molecule has 0 fully saturated rings. The molecule has 0 radical (unpaired) electrons. The Balaban J connectivity index is 2.95. The molecule has 0 heterocycles. The predicted molar refractivity (Wildman–Crippen MR) is 55.4 cm³/mol. The molecule has 0 unspecified atom stereocenters. The maximum Gasteiger partial charge on any atom is 0.207 e. The van der Waals surface area contributed by atoms with Crippen molar-refractivity contribution in [3.05, 3.63) is 23.6 Å². The van der Waals surface area contributed by atoms with E-state index in [4.69, 9.17) is 0 Å². The number of aliphatic hydroxyl groups excluding tert-OH is 1. The van der Waals surface area contributed by atoms with Gasteiger partial charge in [-0.05, 0) is 19.9 Å². The number of allylic oxidation sites excluding steroid dienone is 2. The summed E-state index contributed by atoms with van der Waals surface area (Å²) in [5, 5.41) is 12.5. The summed E-state index contributed by atoms with van der Waals surface area (Å²) in [4.78, 5) is 15.0. The lowest BCUT2D eigenvalue weighted by molar-refractivity contribution is -0.109. The summed E-state index contributed by atoms with van der Waals surface area (Å²) in [5.74, 6) is -0.296. The fourth-order valence-electron chi connectivity index (χ4n) is 1.16. The summed E-state index contributed by atoms with van der Waals surface area (Å²) < 4.78 is 0. The summed E-state index contributed by atoms with van der Waals surface area (Å²) in [6.45, 7) is 3.90. The molecule has 0 spiro atoms. The van der Waals surface area contributed by atoms with Crippen LogP contribution in [0.2, 0.25) is 0 Å². The zero-order valence-electron chi connectivity index (χ0n) is 8.53. The molecule has 0 bridgehead atoms. The molecule has 0 atom stereocenters. The van der Waals surface area contributed by atoms with Crippen molar-refractivity contribution in [1.29, 1.82) is 0 Å². The first-order chi connectivity index (χ1) is 6.54. The highest BCUT2D eigenvalue weighted by Crippen LogP contribution is 2.11. The van der Waals surface area contributed by atoms with Crippen molar-refractivity contribution in [2.24, 2.45) is 4.99 Å². The van der Waals surface area contributed by atoms with Crippen LogP contribution in [0.4, 0.5) is 0 Å². The molecule has 1 rings (SSSR count). The highest BCUT2D eigenvalue weighted by Gasteiger charge is 2.17. The number of nitrogens with one attached hydrogen (secondary N) is 1. The number of rotatable bonds is 2. The molecule has 0 aliphatic heterocycles. The number of hydrogen-bond donors (Lipinski definition) is 2. The fourth-order valence-corrected chi connectivity index (χ4v) is 1.16. The van der Waals surface area contributed by atoms with E-state index in [2.05, 4.69) is 10.3 Å². The van der Waals surface area contributed by atoms with E-state index >= 15 is 0 Å². The topological polar surface area (TPSA) is 61.7 Å². The van der Waals surface area contributed by atoms with E-state index in [0.717, 1.165) is 0 Å². The normalized spacial score (nSPS) is 19.7. The van der Waals surface area contributed by atoms with Crippen LogP contribution < -0.4 is 5.32 Å². The molecule has 0 aromatic heterocycles. The Labute approximate surface area is 83.0 Å². The van der Waals surface area contributed by atoms with Gasteiger partial charge >= 0.3 is 0 Å². The Morgan fingerprint density at radius 1 is 1.43 bits per heavy atom. The molecular formula is C10H14N2O2. The Morgan fingerprint density at radius 3 is 2.57 bits per heavy atom. The average Bonchev–Trinajstić information content (AvgIpc) is 2.09. The maximum absolute atomic E-state index is 11.2. The van der Waals surface area contributed by atoms with Gasteiger partial charge in [-0.25, -0.2) is 0 Å². The minimum Gasteiger partial charge on any atom is -0.506 e. The first-order valence-electron chi connectivity index (χ1n) is 4.45. The second kappa shape index (κ2) is 4.09. The van der Waals surface area contributed by atoms with Crippen LogP contribution in [0.25, 0.3) is 0 Å². The highest BCUT2D eigenvalue weighted by atomic mass is 16.3. The summed E-state index contributed by atoms with van der Waals surface area (Å²) >= 11 is 0. The van der Waals surface area contributed by atoms with E-state index in [1.807, 2.05) is 13.8 Å². The van der Waals surface area contributed by atoms with Gasteiger partial charge in [0.05, 0.1) is 5.70 Å². The Hall–Kier alpha value is -1.58. The van der Waals surface area contributed by atoms with Gasteiger partial charge < -0.3 is 10.4 Å². The second-order valence-electron chi connectivity index (χ2n) is 3.36. The zero-order chi connectivity index (χ0) is 10.7. The van der Waals surface area contributed by atoms with Crippen molar-refractivity contribution in [2.75, 3.05) is 7.05 Å². The third-order valence-corrected chi connectivity index (χ3v) is 1.76. The van der Waals surface area contributed by atoms with Crippen LogP contribution >= 0.6 is 0 Å². The van der Waals surface area contributed by atoms with Crippen LogP contribution in [0.15, 0.2) is 28.6 Å². The minimum absolute atomic E-state index is 0.0314. The van der Waals surface area contributed by atoms with Gasteiger partial charge in [-0.1, -0.05) is 0 Å². The summed E-state index contributed by atoms with van der Waals surface area (Å²) in [6.07, 6.45) is 2.73. The van der Waals surface area contributed by atoms with Gasteiger partial charge in [-0.15, -0.1) is 0 Å². The average molecular weight is 194 g/mol. The van der Waals surface area contributed by atoms with Gasteiger partial charge in [0.2, 0.25) is 5.78 Å².